The van der Waals surface area contributed by atoms with Crippen molar-refractivity contribution in [3.05, 3.63) is 54.1 Å². The Kier molecular flexibility index (Phi) is 6.65. The summed E-state index contributed by atoms with van der Waals surface area (Å²) in [6.45, 7) is -1.60. The Balaban J connectivity index is 1.60. The molecule has 1 aliphatic heterocycles. The van der Waals surface area contributed by atoms with Gasteiger partial charge in [0.1, 0.15) is 18.5 Å². The highest BCUT2D eigenvalue weighted by molar-refractivity contribution is 5.94. The second-order valence-electron chi connectivity index (χ2n) is 6.11. The number of para-hydroxylation sites is 2. The Morgan fingerprint density at radius 2 is 2.00 bits per heavy atom. The largest absolute Gasteiger partial charge is 0.493 e. The quantitative estimate of drug-likeness (QED) is 0.723. The minimum atomic E-state index is -2.94. The van der Waals surface area contributed by atoms with E-state index in [9.17, 15) is 13.6 Å². The Morgan fingerprint density at radius 1 is 1.21 bits per heavy atom. The molecule has 0 bridgehead atoms. The van der Waals surface area contributed by atoms with Crippen LogP contribution in [0.3, 0.4) is 0 Å². The number of ether oxygens (including phenoxy) is 4. The molecule has 28 heavy (non-hydrogen) atoms. The second-order valence-corrected chi connectivity index (χ2v) is 6.11. The number of halogens is 2. The Labute approximate surface area is 161 Å². The first kappa shape index (κ1) is 19.9. The van der Waals surface area contributed by atoms with Crippen LogP contribution in [0.25, 0.3) is 0 Å². The van der Waals surface area contributed by atoms with E-state index in [1.807, 2.05) is 12.1 Å². The first-order valence-electron chi connectivity index (χ1n) is 8.78. The predicted molar refractivity (Wildman–Crippen MR) is 97.2 cm³/mol. The van der Waals surface area contributed by atoms with Gasteiger partial charge in [-0.05, 0) is 30.3 Å². The van der Waals surface area contributed by atoms with Crippen LogP contribution in [0.1, 0.15) is 10.4 Å². The SMILES string of the molecule is COc1ccccc1OC[C@H]1CN(C(=O)c2cccc(OC(F)F)c2)CCO1. The van der Waals surface area contributed by atoms with Crippen LogP contribution in [-0.2, 0) is 4.74 Å². The number of amides is 1. The first-order chi connectivity index (χ1) is 13.6. The van der Waals surface area contributed by atoms with Crippen LogP contribution in [0, 0.1) is 0 Å². The molecule has 0 unspecified atom stereocenters. The molecule has 0 radical (unpaired) electrons. The fourth-order valence-electron chi connectivity index (χ4n) is 2.91. The lowest BCUT2D eigenvalue weighted by molar-refractivity contribution is -0.0500. The second kappa shape index (κ2) is 9.36. The van der Waals surface area contributed by atoms with Gasteiger partial charge >= 0.3 is 6.61 Å². The van der Waals surface area contributed by atoms with E-state index in [1.165, 1.54) is 18.2 Å². The molecule has 0 saturated carbocycles. The third-order valence-electron chi connectivity index (χ3n) is 4.23. The molecule has 0 aliphatic carbocycles. The van der Waals surface area contributed by atoms with Crippen molar-refractivity contribution in [1.82, 2.24) is 4.90 Å². The van der Waals surface area contributed by atoms with Crippen LogP contribution >= 0.6 is 0 Å². The highest BCUT2D eigenvalue weighted by atomic mass is 19.3. The van der Waals surface area contributed by atoms with E-state index in [1.54, 1.807) is 30.2 Å². The summed E-state index contributed by atoms with van der Waals surface area (Å²) in [4.78, 5) is 14.3. The van der Waals surface area contributed by atoms with Gasteiger partial charge in [-0.2, -0.15) is 8.78 Å². The molecule has 1 atom stereocenters. The summed E-state index contributed by atoms with van der Waals surface area (Å²) in [5.74, 6) is 0.881. The van der Waals surface area contributed by atoms with Gasteiger partial charge in [-0.25, -0.2) is 0 Å². The van der Waals surface area contributed by atoms with Crippen molar-refractivity contribution < 1.29 is 32.5 Å². The predicted octanol–water partition coefficient (Wildman–Crippen LogP) is 3.22. The van der Waals surface area contributed by atoms with Gasteiger partial charge in [-0.3, -0.25) is 4.79 Å². The summed E-state index contributed by atoms with van der Waals surface area (Å²) >= 11 is 0. The third-order valence-corrected chi connectivity index (χ3v) is 4.23. The lowest BCUT2D eigenvalue weighted by atomic mass is 10.1. The average Bonchev–Trinajstić information content (AvgIpc) is 2.72. The Hall–Kier alpha value is -2.87. The Bertz CT molecular complexity index is 802. The number of methoxy groups -OCH3 is 1. The van der Waals surface area contributed by atoms with E-state index >= 15 is 0 Å². The van der Waals surface area contributed by atoms with Crippen LogP contribution in [0.4, 0.5) is 8.78 Å². The van der Waals surface area contributed by atoms with Crippen molar-refractivity contribution >= 4 is 5.91 Å². The topological polar surface area (TPSA) is 57.2 Å². The minimum Gasteiger partial charge on any atom is -0.493 e. The molecule has 0 N–H and O–H groups in total. The van der Waals surface area contributed by atoms with Gasteiger partial charge in [0, 0.05) is 12.1 Å². The van der Waals surface area contributed by atoms with Gasteiger partial charge in [0.15, 0.2) is 11.5 Å². The molecule has 0 spiro atoms. The number of morpholine rings is 1. The Morgan fingerprint density at radius 3 is 2.75 bits per heavy atom. The molecule has 2 aromatic carbocycles. The van der Waals surface area contributed by atoms with Gasteiger partial charge in [0.2, 0.25) is 0 Å². The smallest absolute Gasteiger partial charge is 0.387 e. The highest BCUT2D eigenvalue weighted by Crippen LogP contribution is 2.26. The molecule has 2 aromatic rings. The van der Waals surface area contributed by atoms with Crippen molar-refractivity contribution in [3.8, 4) is 17.2 Å². The van der Waals surface area contributed by atoms with Crippen molar-refractivity contribution in [2.24, 2.45) is 0 Å². The zero-order valence-corrected chi connectivity index (χ0v) is 15.3. The summed E-state index contributed by atoms with van der Waals surface area (Å²) in [5, 5.41) is 0. The molecule has 0 aromatic heterocycles. The van der Waals surface area contributed by atoms with Gasteiger partial charge in [0.05, 0.1) is 20.3 Å². The van der Waals surface area contributed by atoms with Crippen LogP contribution in [0.15, 0.2) is 48.5 Å². The summed E-state index contributed by atoms with van der Waals surface area (Å²) in [6, 6.07) is 13.0. The van der Waals surface area contributed by atoms with Crippen LogP contribution < -0.4 is 14.2 Å². The van der Waals surface area contributed by atoms with Crippen LogP contribution in [-0.4, -0.2) is 56.9 Å². The normalized spacial score (nSPS) is 16.7. The number of alkyl halides is 2. The maximum Gasteiger partial charge on any atom is 0.387 e. The van der Waals surface area contributed by atoms with Crippen molar-refractivity contribution in [3.63, 3.8) is 0 Å². The number of hydrogen-bond acceptors (Lipinski definition) is 5. The van der Waals surface area contributed by atoms with E-state index in [-0.39, 0.29) is 29.9 Å². The molecule has 1 amide bonds. The van der Waals surface area contributed by atoms with Crippen molar-refractivity contribution in [1.29, 1.82) is 0 Å². The number of carbonyl (C=O) groups excluding carboxylic acids is 1. The maximum atomic E-state index is 12.7. The van der Waals surface area contributed by atoms with E-state index in [0.717, 1.165) is 0 Å². The maximum absolute atomic E-state index is 12.7. The molecule has 1 heterocycles. The van der Waals surface area contributed by atoms with E-state index in [2.05, 4.69) is 4.74 Å². The van der Waals surface area contributed by atoms with Crippen molar-refractivity contribution in [2.45, 2.75) is 12.7 Å². The van der Waals surface area contributed by atoms with Gasteiger partial charge in [-0.15, -0.1) is 0 Å². The van der Waals surface area contributed by atoms with Gasteiger partial charge < -0.3 is 23.8 Å². The molecule has 6 nitrogen and oxygen atoms in total. The molecule has 1 aliphatic rings. The summed E-state index contributed by atoms with van der Waals surface area (Å²) in [6.07, 6.45) is -0.317. The molecular weight excluding hydrogens is 372 g/mol. The number of carbonyl (C=O) groups is 1. The van der Waals surface area contributed by atoms with Crippen LogP contribution in [0.2, 0.25) is 0 Å². The molecule has 3 rings (SSSR count). The van der Waals surface area contributed by atoms with E-state index < -0.39 is 6.61 Å². The molecule has 150 valence electrons. The summed E-state index contributed by atoms with van der Waals surface area (Å²) in [7, 11) is 1.56. The average molecular weight is 393 g/mol. The van der Waals surface area contributed by atoms with E-state index in [4.69, 9.17) is 14.2 Å². The van der Waals surface area contributed by atoms with Gasteiger partial charge in [0.25, 0.3) is 5.91 Å². The zero-order chi connectivity index (χ0) is 19.9. The summed E-state index contributed by atoms with van der Waals surface area (Å²) in [5.41, 5.74) is 0.282. The number of hydrogen-bond donors (Lipinski definition) is 0. The number of benzene rings is 2. The first-order valence-corrected chi connectivity index (χ1v) is 8.78. The molecule has 1 fully saturated rings. The number of rotatable bonds is 7. The highest BCUT2D eigenvalue weighted by Gasteiger charge is 2.26. The van der Waals surface area contributed by atoms with Crippen molar-refractivity contribution in [2.75, 3.05) is 33.4 Å². The monoisotopic (exact) mass is 393 g/mol. The third kappa shape index (κ3) is 5.10. The summed E-state index contributed by atoms with van der Waals surface area (Å²) < 4.78 is 45.8. The number of nitrogens with zero attached hydrogens (tertiary/aromatic N) is 1. The van der Waals surface area contributed by atoms with Gasteiger partial charge in [-0.1, -0.05) is 18.2 Å². The zero-order valence-electron chi connectivity index (χ0n) is 15.3. The minimum absolute atomic E-state index is 0.0508. The lowest BCUT2D eigenvalue weighted by Crippen LogP contribution is -2.47. The fourth-order valence-corrected chi connectivity index (χ4v) is 2.91. The molecule has 8 heteroatoms. The molecular formula is C20H21F2NO5. The fraction of sp³-hybridized carbons (Fsp3) is 0.350. The van der Waals surface area contributed by atoms with E-state index in [0.29, 0.717) is 31.2 Å². The lowest BCUT2D eigenvalue weighted by Gasteiger charge is -2.33. The van der Waals surface area contributed by atoms with Crippen LogP contribution in [0.5, 0.6) is 17.2 Å². The molecule has 1 saturated heterocycles. The standard InChI is InChI=1S/C20H21F2NO5/c1-25-17-7-2-3-8-18(17)27-13-16-12-23(9-10-26-16)19(24)14-5-4-6-15(11-14)28-20(21)22/h2-8,11,16,20H,9-10,12-13H2,1H3/t16-/m1/s1.